The van der Waals surface area contributed by atoms with Gasteiger partial charge in [-0.3, -0.25) is 4.79 Å². The molecule has 0 saturated heterocycles. The van der Waals surface area contributed by atoms with Gasteiger partial charge in [-0.1, -0.05) is 24.3 Å². The van der Waals surface area contributed by atoms with E-state index >= 15 is 0 Å². The smallest absolute Gasteiger partial charge is 0.280 e. The van der Waals surface area contributed by atoms with E-state index in [1.807, 2.05) is 0 Å². The van der Waals surface area contributed by atoms with Gasteiger partial charge < -0.3 is 16.6 Å². The number of guanidine groups is 1. The average Bonchev–Trinajstić information content (AvgIpc) is 2.57. The van der Waals surface area contributed by atoms with Gasteiger partial charge in [0.1, 0.15) is 5.82 Å². The number of nitrogens with two attached hydrogens (primary N) is 2. The van der Waals surface area contributed by atoms with E-state index in [1.165, 1.54) is 18.2 Å². The van der Waals surface area contributed by atoms with Crippen molar-refractivity contribution in [2.24, 2.45) is 16.5 Å². The van der Waals surface area contributed by atoms with Gasteiger partial charge in [-0.05, 0) is 40.6 Å². The Morgan fingerprint density at radius 2 is 1.80 bits per heavy atom. The predicted octanol–water partition coefficient (Wildman–Crippen LogP) is 2.90. The highest BCUT2D eigenvalue weighted by atomic mass is 19.1. The number of carbonyl (C=O) groups excluding carboxylic acids is 1. The number of aliphatic imine (C=N–C) groups is 1. The predicted molar refractivity (Wildman–Crippen MR) is 91.1 cm³/mol. The summed E-state index contributed by atoms with van der Waals surface area (Å²) in [7, 11) is 0. The first-order valence-electron chi connectivity index (χ1n) is 7.22. The number of benzene rings is 3. The monoisotopic (exact) mass is 341 g/mol. The van der Waals surface area contributed by atoms with Crippen molar-refractivity contribution in [3.63, 3.8) is 0 Å². The van der Waals surface area contributed by atoms with Gasteiger partial charge in [0, 0.05) is 5.56 Å². The summed E-state index contributed by atoms with van der Waals surface area (Å²) in [5.41, 5.74) is 10.4. The molecular weight excluding hydrogens is 328 g/mol. The van der Waals surface area contributed by atoms with Crippen molar-refractivity contribution in [3.8, 4) is 16.9 Å². The average molecular weight is 341 g/mol. The maximum absolute atomic E-state index is 14.3. The normalized spacial score (nSPS) is 10.6. The van der Waals surface area contributed by atoms with Crippen molar-refractivity contribution in [1.82, 2.24) is 0 Å². The second-order valence-electron chi connectivity index (χ2n) is 5.34. The quantitative estimate of drug-likeness (QED) is 0.493. The summed E-state index contributed by atoms with van der Waals surface area (Å²) in [4.78, 5) is 15.5. The lowest BCUT2D eigenvalue weighted by molar-refractivity contribution is 0.100. The van der Waals surface area contributed by atoms with Crippen LogP contribution in [0.15, 0.2) is 53.5 Å². The fourth-order valence-electron chi connectivity index (χ4n) is 2.59. The molecular formula is C18H13F2N3O2. The van der Waals surface area contributed by atoms with E-state index in [9.17, 15) is 18.7 Å². The zero-order chi connectivity index (χ0) is 18.1. The van der Waals surface area contributed by atoms with Crippen LogP contribution in [-0.4, -0.2) is 17.0 Å². The minimum Gasteiger partial charge on any atom is -0.505 e. The van der Waals surface area contributed by atoms with Crippen LogP contribution >= 0.6 is 0 Å². The molecule has 25 heavy (non-hydrogen) atoms. The second-order valence-corrected chi connectivity index (χ2v) is 5.34. The highest BCUT2D eigenvalue weighted by Crippen LogP contribution is 2.36. The summed E-state index contributed by atoms with van der Waals surface area (Å²) < 4.78 is 28.5. The van der Waals surface area contributed by atoms with Crippen LogP contribution in [0, 0.1) is 11.6 Å². The lowest BCUT2D eigenvalue weighted by Crippen LogP contribution is -2.24. The fourth-order valence-corrected chi connectivity index (χ4v) is 2.59. The van der Waals surface area contributed by atoms with E-state index in [1.54, 1.807) is 18.2 Å². The van der Waals surface area contributed by atoms with Gasteiger partial charge in [-0.15, -0.1) is 0 Å². The molecule has 0 fully saturated rings. The molecule has 0 aliphatic carbocycles. The molecule has 7 heteroatoms. The number of halogens is 2. The van der Waals surface area contributed by atoms with E-state index < -0.39 is 23.3 Å². The van der Waals surface area contributed by atoms with Crippen molar-refractivity contribution in [2.45, 2.75) is 0 Å². The van der Waals surface area contributed by atoms with Crippen molar-refractivity contribution in [1.29, 1.82) is 0 Å². The Bertz CT molecular complexity index is 1030. The van der Waals surface area contributed by atoms with Crippen molar-refractivity contribution in [2.75, 3.05) is 0 Å². The molecule has 0 unspecified atom stereocenters. The Hall–Kier alpha value is -3.48. The summed E-state index contributed by atoms with van der Waals surface area (Å²) in [6.07, 6.45) is 0. The first kappa shape index (κ1) is 16.4. The molecule has 0 atom stereocenters. The number of hydrogen-bond acceptors (Lipinski definition) is 2. The number of rotatable bonds is 2. The first-order valence-corrected chi connectivity index (χ1v) is 7.22. The minimum absolute atomic E-state index is 0.161. The number of fused-ring (bicyclic) bond motifs is 1. The lowest BCUT2D eigenvalue weighted by Gasteiger charge is -2.11. The Morgan fingerprint density at radius 1 is 1.04 bits per heavy atom. The summed E-state index contributed by atoms with van der Waals surface area (Å²) >= 11 is 0. The second kappa shape index (κ2) is 6.20. The highest BCUT2D eigenvalue weighted by Gasteiger charge is 2.18. The number of hydrogen-bond donors (Lipinski definition) is 3. The van der Waals surface area contributed by atoms with Crippen LogP contribution in [0.2, 0.25) is 0 Å². The molecule has 0 aromatic heterocycles. The molecule has 0 radical (unpaired) electrons. The Morgan fingerprint density at radius 3 is 2.52 bits per heavy atom. The molecule has 5 N–H and O–H groups in total. The molecule has 0 aliphatic rings. The van der Waals surface area contributed by atoms with Gasteiger partial charge in [0.25, 0.3) is 5.91 Å². The van der Waals surface area contributed by atoms with E-state index in [4.69, 9.17) is 11.5 Å². The Kier molecular flexibility index (Phi) is 4.06. The van der Waals surface area contributed by atoms with Crippen LogP contribution in [0.1, 0.15) is 10.4 Å². The Labute approximate surface area is 141 Å². The summed E-state index contributed by atoms with van der Waals surface area (Å²) in [6, 6.07) is 11.3. The highest BCUT2D eigenvalue weighted by molar-refractivity contribution is 6.06. The number of aromatic hydroxyl groups is 1. The largest absolute Gasteiger partial charge is 0.505 e. The van der Waals surface area contributed by atoms with Gasteiger partial charge in [0.05, 0.1) is 5.56 Å². The lowest BCUT2D eigenvalue weighted by atomic mass is 9.95. The third kappa shape index (κ3) is 2.99. The number of phenols is 1. The fraction of sp³-hybridized carbons (Fsp3) is 0. The van der Waals surface area contributed by atoms with E-state index in [0.29, 0.717) is 10.8 Å². The van der Waals surface area contributed by atoms with E-state index in [2.05, 4.69) is 4.99 Å². The maximum atomic E-state index is 14.3. The zero-order valence-electron chi connectivity index (χ0n) is 12.8. The molecule has 0 spiro atoms. The van der Waals surface area contributed by atoms with Crippen LogP contribution in [0.5, 0.6) is 5.75 Å². The molecule has 0 heterocycles. The number of nitrogens with zero attached hydrogens (tertiary/aromatic N) is 1. The number of amides is 1. The zero-order valence-corrected chi connectivity index (χ0v) is 12.8. The van der Waals surface area contributed by atoms with E-state index in [-0.39, 0.29) is 22.6 Å². The van der Waals surface area contributed by atoms with Crippen LogP contribution in [-0.2, 0) is 0 Å². The van der Waals surface area contributed by atoms with Crippen molar-refractivity contribution >= 4 is 22.6 Å². The van der Waals surface area contributed by atoms with Crippen LogP contribution in [0.25, 0.3) is 21.9 Å². The molecule has 0 aliphatic heterocycles. The standard InChI is InChI=1S/C18H13F2N3O2/c19-13-6-7-14(24)16(20)15(13)11-3-1-2-9-4-5-10(8-12(9)11)17(25)23-18(21)22/h1-8,24H,(H4,21,22,23,25). The first-order chi connectivity index (χ1) is 11.9. The molecule has 126 valence electrons. The summed E-state index contributed by atoms with van der Waals surface area (Å²) in [5, 5.41) is 10.6. The van der Waals surface area contributed by atoms with Gasteiger partial charge in [-0.2, -0.15) is 4.99 Å². The number of carbonyl (C=O) groups is 1. The topological polar surface area (TPSA) is 102 Å². The number of phenolic OH excluding ortho intramolecular Hbond substituents is 1. The van der Waals surface area contributed by atoms with Crippen molar-refractivity contribution in [3.05, 3.63) is 65.7 Å². The third-order valence-electron chi connectivity index (χ3n) is 3.70. The SMILES string of the molecule is NC(N)=NC(=O)c1ccc2cccc(-c3c(F)ccc(O)c3F)c2c1. The summed E-state index contributed by atoms with van der Waals surface area (Å²) in [5.74, 6) is -3.63. The van der Waals surface area contributed by atoms with E-state index in [0.717, 1.165) is 12.1 Å². The molecule has 0 saturated carbocycles. The van der Waals surface area contributed by atoms with Gasteiger partial charge in [-0.25, -0.2) is 8.78 Å². The third-order valence-corrected chi connectivity index (χ3v) is 3.70. The molecule has 1 amide bonds. The molecule has 3 aromatic rings. The minimum atomic E-state index is -1.08. The van der Waals surface area contributed by atoms with Crippen LogP contribution < -0.4 is 11.5 Å². The van der Waals surface area contributed by atoms with Crippen LogP contribution in [0.4, 0.5) is 8.78 Å². The Balaban J connectivity index is 2.29. The molecule has 3 aromatic carbocycles. The molecule has 3 rings (SSSR count). The van der Waals surface area contributed by atoms with Crippen molar-refractivity contribution < 1.29 is 18.7 Å². The van der Waals surface area contributed by atoms with Gasteiger partial charge >= 0.3 is 0 Å². The van der Waals surface area contributed by atoms with Gasteiger partial charge in [0.2, 0.25) is 0 Å². The van der Waals surface area contributed by atoms with Crippen LogP contribution in [0.3, 0.4) is 0 Å². The molecule has 0 bridgehead atoms. The summed E-state index contributed by atoms with van der Waals surface area (Å²) in [6.45, 7) is 0. The van der Waals surface area contributed by atoms with Gasteiger partial charge in [0.15, 0.2) is 17.5 Å². The molecule has 5 nitrogen and oxygen atoms in total. The maximum Gasteiger partial charge on any atom is 0.280 e.